The van der Waals surface area contributed by atoms with Crippen molar-refractivity contribution in [2.75, 3.05) is 33.3 Å². The number of amides is 2. The maximum Gasteiger partial charge on any atom is 0.317 e. The predicted molar refractivity (Wildman–Crippen MR) is 116 cm³/mol. The van der Waals surface area contributed by atoms with Gasteiger partial charge in [0.15, 0.2) is 0 Å². The molecule has 7 nitrogen and oxygen atoms in total. The van der Waals surface area contributed by atoms with Crippen LogP contribution in [0.2, 0.25) is 0 Å². The van der Waals surface area contributed by atoms with Crippen LogP contribution in [0.15, 0.2) is 24.3 Å². The summed E-state index contributed by atoms with van der Waals surface area (Å²) in [4.78, 5) is 14.4. The van der Waals surface area contributed by atoms with E-state index in [-0.39, 0.29) is 23.2 Å². The van der Waals surface area contributed by atoms with Crippen molar-refractivity contribution in [2.24, 2.45) is 5.92 Å². The molecule has 0 aromatic heterocycles. The van der Waals surface area contributed by atoms with Crippen molar-refractivity contribution < 1.29 is 17.9 Å². The molecule has 0 bridgehead atoms. The highest BCUT2D eigenvalue weighted by Gasteiger charge is 2.47. The topological polar surface area (TPSA) is 79.0 Å². The highest BCUT2D eigenvalue weighted by atomic mass is 32.2. The van der Waals surface area contributed by atoms with E-state index in [9.17, 15) is 13.2 Å². The smallest absolute Gasteiger partial charge is 0.317 e. The Morgan fingerprint density at radius 3 is 2.70 bits per heavy atom. The molecule has 4 rings (SSSR count). The number of carbonyl (C=O) groups is 1. The number of methoxy groups -OCH3 is 1. The number of likely N-dealkylation sites (tertiary alicyclic amines) is 1. The van der Waals surface area contributed by atoms with Gasteiger partial charge in [0.1, 0.15) is 5.75 Å². The quantitative estimate of drug-likeness (QED) is 0.771. The number of fused-ring (bicyclic) bond motifs is 1. The first-order valence-electron chi connectivity index (χ1n) is 11.1. The van der Waals surface area contributed by atoms with Gasteiger partial charge in [-0.05, 0) is 55.7 Å². The highest BCUT2D eigenvalue weighted by molar-refractivity contribution is 7.90. The maximum absolute atomic E-state index is 13.2. The number of nitrogens with zero attached hydrogens (tertiary/aromatic N) is 2. The number of sulfonamides is 1. The fourth-order valence-electron chi connectivity index (χ4n) is 5.14. The first-order valence-corrected chi connectivity index (χ1v) is 12.6. The second-order valence-electron chi connectivity index (χ2n) is 8.80. The average molecular weight is 436 g/mol. The van der Waals surface area contributed by atoms with Gasteiger partial charge in [-0.2, -0.15) is 0 Å². The number of ether oxygens (including phenoxy) is 1. The average Bonchev–Trinajstić information content (AvgIpc) is 3.25. The first-order chi connectivity index (χ1) is 14.5. The van der Waals surface area contributed by atoms with Crippen molar-refractivity contribution in [1.29, 1.82) is 0 Å². The molecule has 3 fully saturated rings. The van der Waals surface area contributed by atoms with E-state index in [1.807, 2.05) is 29.2 Å². The van der Waals surface area contributed by atoms with Gasteiger partial charge in [-0.1, -0.05) is 25.0 Å². The van der Waals surface area contributed by atoms with Crippen molar-refractivity contribution in [3.05, 3.63) is 29.8 Å². The monoisotopic (exact) mass is 435 g/mol. The lowest BCUT2D eigenvalue weighted by atomic mass is 10.0. The molecule has 166 valence electrons. The largest absolute Gasteiger partial charge is 0.497 e. The third kappa shape index (κ3) is 4.59. The Hall–Kier alpha value is -1.80. The van der Waals surface area contributed by atoms with E-state index in [4.69, 9.17) is 4.74 Å². The number of carbonyl (C=O) groups excluding carboxylic acids is 1. The van der Waals surface area contributed by atoms with Gasteiger partial charge in [-0.15, -0.1) is 0 Å². The third-order valence-corrected chi connectivity index (χ3v) is 9.35. The summed E-state index contributed by atoms with van der Waals surface area (Å²) >= 11 is 0. The van der Waals surface area contributed by atoms with Crippen LogP contribution >= 0.6 is 0 Å². The molecule has 2 aliphatic heterocycles. The van der Waals surface area contributed by atoms with Gasteiger partial charge in [-0.25, -0.2) is 17.5 Å². The predicted octanol–water partition coefficient (Wildman–Crippen LogP) is 2.62. The van der Waals surface area contributed by atoms with Crippen LogP contribution < -0.4 is 10.1 Å². The van der Waals surface area contributed by atoms with Crippen LogP contribution in [0.1, 0.15) is 44.1 Å². The SMILES string of the molecule is COc1cccc(CCN2C[C@H]3CCN(C(=O)NC4CCCC4)CC[C@H]3S2(=O)=O)c1. The van der Waals surface area contributed by atoms with Crippen molar-refractivity contribution >= 4 is 16.1 Å². The van der Waals surface area contributed by atoms with Gasteiger partial charge in [0, 0.05) is 32.2 Å². The Labute approximate surface area is 179 Å². The van der Waals surface area contributed by atoms with Gasteiger partial charge in [0.05, 0.1) is 12.4 Å². The van der Waals surface area contributed by atoms with Gasteiger partial charge in [0.25, 0.3) is 0 Å². The number of benzene rings is 1. The molecular formula is C22H33N3O4S. The summed E-state index contributed by atoms with van der Waals surface area (Å²) in [6, 6.07) is 8.06. The first kappa shape index (κ1) is 21.4. The summed E-state index contributed by atoms with van der Waals surface area (Å²) in [5.41, 5.74) is 1.08. The fraction of sp³-hybridized carbons (Fsp3) is 0.682. The van der Waals surface area contributed by atoms with Crippen LogP contribution in [0.5, 0.6) is 5.75 Å². The number of hydrogen-bond acceptors (Lipinski definition) is 4. The summed E-state index contributed by atoms with van der Waals surface area (Å²) in [5, 5.41) is 2.77. The molecule has 3 aliphatic rings. The second kappa shape index (κ2) is 9.14. The minimum Gasteiger partial charge on any atom is -0.497 e. The minimum atomic E-state index is -3.32. The molecule has 2 atom stereocenters. The molecule has 0 radical (unpaired) electrons. The Balaban J connectivity index is 1.34. The zero-order valence-electron chi connectivity index (χ0n) is 17.8. The van der Waals surface area contributed by atoms with E-state index < -0.39 is 10.0 Å². The summed E-state index contributed by atoms with van der Waals surface area (Å²) in [6.07, 6.45) is 6.42. The zero-order valence-corrected chi connectivity index (χ0v) is 18.6. The molecule has 1 N–H and O–H groups in total. The van der Waals surface area contributed by atoms with Gasteiger partial charge in [-0.3, -0.25) is 0 Å². The van der Waals surface area contributed by atoms with E-state index in [1.165, 1.54) is 12.8 Å². The van der Waals surface area contributed by atoms with Crippen molar-refractivity contribution in [2.45, 2.75) is 56.2 Å². The molecule has 8 heteroatoms. The summed E-state index contributed by atoms with van der Waals surface area (Å²) in [7, 11) is -1.69. The van der Waals surface area contributed by atoms with Gasteiger partial charge >= 0.3 is 6.03 Å². The molecule has 2 heterocycles. The van der Waals surface area contributed by atoms with E-state index in [0.717, 1.165) is 30.6 Å². The Morgan fingerprint density at radius 1 is 1.17 bits per heavy atom. The molecule has 1 saturated carbocycles. The fourth-order valence-corrected chi connectivity index (χ4v) is 7.38. The summed E-state index contributed by atoms with van der Waals surface area (Å²) < 4.78 is 33.2. The number of urea groups is 1. The minimum absolute atomic E-state index is 0.0193. The maximum atomic E-state index is 13.2. The van der Waals surface area contributed by atoms with Crippen molar-refractivity contribution in [1.82, 2.24) is 14.5 Å². The Kier molecular flexibility index (Phi) is 6.53. The standard InChI is InChI=1S/C22H33N3O4S/c1-29-20-8-4-5-17(15-20)9-14-25-16-18-10-12-24(13-11-21(18)30(25,27)28)22(26)23-19-6-2-3-7-19/h4-5,8,15,18-19,21H,2-3,6-7,9-14,16H2,1H3,(H,23,26)/t18-,21-/m1/s1. The highest BCUT2D eigenvalue weighted by Crippen LogP contribution is 2.34. The van der Waals surface area contributed by atoms with E-state index in [0.29, 0.717) is 39.0 Å². The molecule has 1 aliphatic carbocycles. The molecule has 30 heavy (non-hydrogen) atoms. The lowest BCUT2D eigenvalue weighted by Gasteiger charge is -2.24. The number of hydrogen-bond donors (Lipinski definition) is 1. The number of rotatable bonds is 5. The normalized spacial score (nSPS) is 26.9. The van der Waals surface area contributed by atoms with E-state index >= 15 is 0 Å². The van der Waals surface area contributed by atoms with Crippen LogP contribution in [-0.4, -0.2) is 68.2 Å². The molecule has 2 saturated heterocycles. The number of nitrogens with one attached hydrogen (secondary N) is 1. The van der Waals surface area contributed by atoms with Gasteiger partial charge in [0.2, 0.25) is 10.0 Å². The molecule has 2 amide bonds. The third-order valence-electron chi connectivity index (χ3n) is 6.91. The lowest BCUT2D eigenvalue weighted by Crippen LogP contribution is -2.44. The van der Waals surface area contributed by atoms with Gasteiger partial charge < -0.3 is 15.0 Å². The summed E-state index contributed by atoms with van der Waals surface area (Å²) in [5.74, 6) is 0.891. The van der Waals surface area contributed by atoms with Crippen LogP contribution in [-0.2, 0) is 16.4 Å². The van der Waals surface area contributed by atoms with Crippen LogP contribution in [0.4, 0.5) is 4.79 Å². The van der Waals surface area contributed by atoms with Crippen LogP contribution in [0.25, 0.3) is 0 Å². The Bertz CT molecular complexity index is 854. The van der Waals surface area contributed by atoms with Crippen molar-refractivity contribution in [3.63, 3.8) is 0 Å². The zero-order chi connectivity index (χ0) is 21.1. The van der Waals surface area contributed by atoms with E-state index in [1.54, 1.807) is 11.4 Å². The van der Waals surface area contributed by atoms with Crippen molar-refractivity contribution in [3.8, 4) is 5.75 Å². The summed E-state index contributed by atoms with van der Waals surface area (Å²) in [6.45, 7) is 2.21. The van der Waals surface area contributed by atoms with E-state index in [2.05, 4.69) is 5.32 Å². The Morgan fingerprint density at radius 2 is 1.93 bits per heavy atom. The molecular weight excluding hydrogens is 402 g/mol. The lowest BCUT2D eigenvalue weighted by molar-refractivity contribution is 0.194. The molecule has 0 spiro atoms. The van der Waals surface area contributed by atoms with Crippen LogP contribution in [0.3, 0.4) is 0 Å². The molecule has 1 aromatic carbocycles. The molecule has 1 aromatic rings. The molecule has 0 unspecified atom stereocenters. The van der Waals surface area contributed by atoms with Crippen LogP contribution in [0, 0.1) is 5.92 Å². The second-order valence-corrected chi connectivity index (χ2v) is 11.0.